The van der Waals surface area contributed by atoms with E-state index >= 15 is 0 Å². The van der Waals surface area contributed by atoms with Crippen LogP contribution in [-0.4, -0.2) is 20.9 Å². The number of rotatable bonds is 4. The van der Waals surface area contributed by atoms with E-state index < -0.39 is 15.1 Å². The molecule has 3 rings (SSSR count). The maximum absolute atomic E-state index is 2.44. The van der Waals surface area contributed by atoms with Crippen LogP contribution in [0.3, 0.4) is 0 Å². The Kier molecular flexibility index (Phi) is 5.00. The summed E-state index contributed by atoms with van der Waals surface area (Å²) in [6, 6.07) is 31.0. The van der Waals surface area contributed by atoms with E-state index in [4.69, 9.17) is 0 Å². The number of hydrogen-bond acceptors (Lipinski definition) is 0. The van der Waals surface area contributed by atoms with Crippen LogP contribution in [0.15, 0.2) is 84.9 Å². The van der Waals surface area contributed by atoms with Crippen molar-refractivity contribution in [3.05, 3.63) is 84.9 Å². The second-order valence-electron chi connectivity index (χ2n) is 6.77. The molecule has 0 amide bonds. The molecule has 0 heterocycles. The van der Waals surface area contributed by atoms with Gasteiger partial charge >= 0.3 is 142 Å². The third kappa shape index (κ3) is 3.74. The maximum atomic E-state index is 2.44. The van der Waals surface area contributed by atoms with E-state index in [9.17, 15) is 0 Å². The Morgan fingerprint density at radius 1 is 0.652 bits per heavy atom. The van der Waals surface area contributed by atoms with E-state index in [1.165, 1.54) is 15.9 Å². The second-order valence-corrected chi connectivity index (χ2v) is 14.0. The fourth-order valence-corrected chi connectivity index (χ4v) is 8.02. The standard InChI is InChI=1S/C20H23BP2/c1-23(2,21)20-16-10-9-15-19(20)22(17-11-5-3-6-12-17)18-13-7-4-8-14-18/h3-16,23H,21H2,1-2H3. The van der Waals surface area contributed by atoms with Crippen LogP contribution in [0.1, 0.15) is 0 Å². The molecule has 0 unspecified atom stereocenters. The molecule has 0 radical (unpaired) electrons. The molecule has 0 nitrogen and oxygen atoms in total. The van der Waals surface area contributed by atoms with Crippen molar-refractivity contribution >= 4 is 43.8 Å². The normalized spacial score (nSPS) is 12.3. The third-order valence-electron chi connectivity index (χ3n) is 3.98. The fraction of sp³-hybridized carbons (Fsp3) is 0.100. The van der Waals surface area contributed by atoms with E-state index in [1.807, 2.05) is 0 Å². The van der Waals surface area contributed by atoms with Crippen molar-refractivity contribution in [2.75, 3.05) is 13.3 Å². The predicted molar refractivity (Wildman–Crippen MR) is 113 cm³/mol. The van der Waals surface area contributed by atoms with Gasteiger partial charge in [0.25, 0.3) is 0 Å². The molecular weight excluding hydrogens is 313 g/mol. The Morgan fingerprint density at radius 3 is 1.57 bits per heavy atom. The summed E-state index contributed by atoms with van der Waals surface area (Å²) < 4.78 is 0. The van der Waals surface area contributed by atoms with Crippen molar-refractivity contribution < 1.29 is 0 Å². The van der Waals surface area contributed by atoms with Crippen LogP contribution in [0.5, 0.6) is 0 Å². The van der Waals surface area contributed by atoms with Gasteiger partial charge in [-0.1, -0.05) is 0 Å². The SMILES string of the molecule is B[PH](C)(C)c1ccccc1P(c1ccccc1)c1ccccc1. The average molecular weight is 336 g/mol. The molecule has 0 spiro atoms. The molecule has 3 heteroatoms. The van der Waals surface area contributed by atoms with Crippen LogP contribution in [-0.2, 0) is 0 Å². The van der Waals surface area contributed by atoms with E-state index in [0.717, 1.165) is 0 Å². The first-order valence-electron chi connectivity index (χ1n) is 8.07. The van der Waals surface area contributed by atoms with Gasteiger partial charge in [0.1, 0.15) is 0 Å². The Balaban J connectivity index is 2.22. The van der Waals surface area contributed by atoms with Crippen LogP contribution in [0.25, 0.3) is 0 Å². The van der Waals surface area contributed by atoms with Gasteiger partial charge < -0.3 is 0 Å². The van der Waals surface area contributed by atoms with E-state index in [0.29, 0.717) is 0 Å². The van der Waals surface area contributed by atoms with Crippen molar-refractivity contribution in [1.29, 1.82) is 0 Å². The monoisotopic (exact) mass is 336 g/mol. The zero-order valence-corrected chi connectivity index (χ0v) is 15.9. The topological polar surface area (TPSA) is 0 Å². The molecule has 0 aliphatic carbocycles. The van der Waals surface area contributed by atoms with Crippen molar-refractivity contribution in [3.63, 3.8) is 0 Å². The van der Waals surface area contributed by atoms with Crippen LogP contribution < -0.4 is 21.2 Å². The summed E-state index contributed by atoms with van der Waals surface area (Å²) in [5.74, 6) is 0. The van der Waals surface area contributed by atoms with Gasteiger partial charge in [0.15, 0.2) is 0 Å². The van der Waals surface area contributed by atoms with Gasteiger partial charge in [0, 0.05) is 0 Å². The van der Waals surface area contributed by atoms with Gasteiger partial charge in [-0.25, -0.2) is 0 Å². The molecule has 3 aromatic carbocycles. The molecule has 0 atom stereocenters. The Labute approximate surface area is 142 Å². The molecule has 0 bridgehead atoms. The summed E-state index contributed by atoms with van der Waals surface area (Å²) in [6.07, 6.45) is 0. The quantitative estimate of drug-likeness (QED) is 0.508. The summed E-state index contributed by atoms with van der Waals surface area (Å²) in [5.41, 5.74) is 0. The zero-order valence-electron chi connectivity index (χ0n) is 14.0. The number of benzene rings is 3. The summed E-state index contributed by atoms with van der Waals surface area (Å²) in [4.78, 5) is 0. The van der Waals surface area contributed by atoms with Gasteiger partial charge in [-0.3, -0.25) is 0 Å². The van der Waals surface area contributed by atoms with Crippen molar-refractivity contribution in [1.82, 2.24) is 0 Å². The minimum atomic E-state index is -1.39. The molecular formula is C20H23BP2. The summed E-state index contributed by atoms with van der Waals surface area (Å²) in [6.45, 7) is 4.88. The van der Waals surface area contributed by atoms with Crippen molar-refractivity contribution in [2.24, 2.45) is 0 Å². The Morgan fingerprint density at radius 2 is 1.09 bits per heavy atom. The molecule has 0 fully saturated rings. The van der Waals surface area contributed by atoms with Crippen LogP contribution in [0.2, 0.25) is 0 Å². The molecule has 23 heavy (non-hydrogen) atoms. The molecule has 0 aliphatic heterocycles. The summed E-state index contributed by atoms with van der Waals surface area (Å²) in [5, 5.41) is 5.97. The van der Waals surface area contributed by atoms with Crippen LogP contribution in [0.4, 0.5) is 0 Å². The van der Waals surface area contributed by atoms with E-state index in [1.54, 1.807) is 5.30 Å². The van der Waals surface area contributed by atoms with Gasteiger partial charge in [0.05, 0.1) is 0 Å². The van der Waals surface area contributed by atoms with Crippen molar-refractivity contribution in [3.8, 4) is 0 Å². The first kappa shape index (κ1) is 16.4. The van der Waals surface area contributed by atoms with Gasteiger partial charge in [-0.15, -0.1) is 0 Å². The first-order valence-corrected chi connectivity index (χ1v) is 12.9. The van der Waals surface area contributed by atoms with Crippen molar-refractivity contribution in [2.45, 2.75) is 0 Å². The molecule has 0 aromatic heterocycles. The number of hydrogen-bond donors (Lipinski definition) is 0. The third-order valence-corrected chi connectivity index (χ3v) is 8.75. The average Bonchev–Trinajstić information content (AvgIpc) is 2.57. The molecule has 3 aromatic rings. The fourth-order valence-electron chi connectivity index (χ4n) is 2.88. The van der Waals surface area contributed by atoms with Crippen LogP contribution >= 0.6 is 15.1 Å². The Bertz CT molecular complexity index is 725. The minimum absolute atomic E-state index is 0.496. The molecule has 116 valence electrons. The Hall–Kier alpha value is -1.42. The van der Waals surface area contributed by atoms with Gasteiger partial charge in [0.2, 0.25) is 0 Å². The summed E-state index contributed by atoms with van der Waals surface area (Å²) >= 11 is 0. The zero-order chi connectivity index (χ0) is 16.3. The van der Waals surface area contributed by atoms with E-state index in [-0.39, 0.29) is 0 Å². The second kappa shape index (κ2) is 7.00. The molecule has 0 saturated heterocycles. The van der Waals surface area contributed by atoms with E-state index in [2.05, 4.69) is 106 Å². The summed E-state index contributed by atoms with van der Waals surface area (Å²) in [7, 11) is 0.553. The molecule has 0 N–H and O–H groups in total. The van der Waals surface area contributed by atoms with Gasteiger partial charge in [-0.05, 0) is 0 Å². The predicted octanol–water partition coefficient (Wildman–Crippen LogP) is 2.63. The van der Waals surface area contributed by atoms with Crippen LogP contribution in [0, 0.1) is 0 Å². The first-order chi connectivity index (χ1) is 11.1. The van der Waals surface area contributed by atoms with Gasteiger partial charge in [-0.2, -0.15) is 0 Å². The molecule has 0 aliphatic rings. The molecule has 0 saturated carbocycles.